The van der Waals surface area contributed by atoms with Crippen LogP contribution in [-0.4, -0.2) is 4.57 Å². The predicted octanol–water partition coefficient (Wildman–Crippen LogP) is 0.167. The smallest absolute Gasteiger partial charge is 0.239 e. The van der Waals surface area contributed by atoms with Crippen LogP contribution in [0.1, 0.15) is 0 Å². The zero-order valence-corrected chi connectivity index (χ0v) is 7.74. The Balaban J connectivity index is 2.14. The molecular weight excluding hydrogens is 170 g/mol. The second-order valence-electron chi connectivity index (χ2n) is 2.78. The quantitative estimate of drug-likeness (QED) is 0.586. The number of aromatic nitrogens is 3. The number of aryl methyl sites for hydroxylation is 1. The van der Waals surface area contributed by atoms with Gasteiger partial charge in [0.15, 0.2) is 6.20 Å². The second kappa shape index (κ2) is 3.06. The first-order chi connectivity index (χ1) is 5.84. The summed E-state index contributed by atoms with van der Waals surface area (Å²) < 4.78 is 6.31. The van der Waals surface area contributed by atoms with Crippen molar-refractivity contribution in [3.8, 4) is 0 Å². The lowest BCUT2D eigenvalue weighted by Crippen LogP contribution is -2.34. The van der Waals surface area contributed by atoms with Gasteiger partial charge in [0, 0.05) is 0 Å². The van der Waals surface area contributed by atoms with Crippen LogP contribution in [0.2, 0.25) is 0 Å². The van der Waals surface area contributed by atoms with Crippen molar-refractivity contribution in [2.45, 2.75) is 6.67 Å². The molecule has 0 aromatic carbocycles. The third kappa shape index (κ3) is 1.53. The van der Waals surface area contributed by atoms with Crippen molar-refractivity contribution in [1.82, 2.24) is 4.57 Å². The fourth-order valence-corrected chi connectivity index (χ4v) is 1.71. The summed E-state index contributed by atoms with van der Waals surface area (Å²) in [6.45, 7) is 0.893. The molecule has 0 unspecified atom stereocenters. The molecule has 0 atom stereocenters. The van der Waals surface area contributed by atoms with Crippen LogP contribution >= 0.6 is 11.3 Å². The molecule has 0 aliphatic heterocycles. The van der Waals surface area contributed by atoms with Crippen LogP contribution in [0, 0.1) is 0 Å². The molecule has 0 spiro atoms. The zero-order chi connectivity index (χ0) is 8.39. The highest BCUT2D eigenvalue weighted by Crippen LogP contribution is 1.88. The maximum Gasteiger partial charge on any atom is 0.290 e. The van der Waals surface area contributed by atoms with Gasteiger partial charge in [0.25, 0.3) is 6.67 Å². The molecule has 0 saturated carbocycles. The molecule has 0 radical (unpaired) electrons. The van der Waals surface area contributed by atoms with Gasteiger partial charge >= 0.3 is 0 Å². The second-order valence-corrected chi connectivity index (χ2v) is 3.53. The normalized spacial score (nSPS) is 10.4. The van der Waals surface area contributed by atoms with Crippen molar-refractivity contribution >= 4 is 11.3 Å². The number of imidazole rings is 1. The molecule has 2 aromatic heterocycles. The molecule has 0 aliphatic carbocycles. The van der Waals surface area contributed by atoms with Crippen LogP contribution in [0.15, 0.2) is 35.8 Å². The lowest BCUT2D eigenvalue weighted by molar-refractivity contribution is -0.703. The van der Waals surface area contributed by atoms with Crippen LogP contribution in [0.3, 0.4) is 0 Å². The Morgan fingerprint density at radius 3 is 2.92 bits per heavy atom. The Hall–Kier alpha value is -1.16. The molecule has 0 fully saturated rings. The Morgan fingerprint density at radius 2 is 2.33 bits per heavy atom. The van der Waals surface area contributed by atoms with Gasteiger partial charge in [-0.05, 0) is 0 Å². The van der Waals surface area contributed by atoms with Crippen molar-refractivity contribution < 1.29 is 9.13 Å². The van der Waals surface area contributed by atoms with E-state index in [1.165, 1.54) is 0 Å². The zero-order valence-electron chi connectivity index (χ0n) is 6.92. The molecular formula is C8H11N3S+2. The third-order valence-corrected chi connectivity index (χ3v) is 2.35. The lowest BCUT2D eigenvalue weighted by atomic mass is 10.8. The van der Waals surface area contributed by atoms with Gasteiger partial charge in [0.05, 0.1) is 12.4 Å². The molecule has 3 nitrogen and oxygen atoms in total. The lowest BCUT2D eigenvalue weighted by Gasteiger charge is -1.86. The van der Waals surface area contributed by atoms with E-state index < -0.39 is 0 Å². The first kappa shape index (κ1) is 7.49. The highest BCUT2D eigenvalue weighted by Gasteiger charge is 2.05. The standard InChI is InChI=1S/C8H11N3S/c1-9-2-3-10(6-9)7-11-4-5-12-8-11/h2-6,8H,7H2,1H3/q+2. The summed E-state index contributed by atoms with van der Waals surface area (Å²) in [6.07, 6.45) is 8.23. The molecule has 0 N–H and O–H groups in total. The van der Waals surface area contributed by atoms with Gasteiger partial charge in [0.1, 0.15) is 12.4 Å². The van der Waals surface area contributed by atoms with Gasteiger partial charge in [-0.15, -0.1) is 0 Å². The molecule has 4 heteroatoms. The monoisotopic (exact) mass is 181 g/mol. The van der Waals surface area contributed by atoms with E-state index in [0.29, 0.717) is 0 Å². The largest absolute Gasteiger partial charge is 0.290 e. The molecule has 0 amide bonds. The van der Waals surface area contributed by atoms with Gasteiger partial charge in [-0.2, -0.15) is 9.13 Å². The van der Waals surface area contributed by atoms with Gasteiger partial charge < -0.3 is 0 Å². The van der Waals surface area contributed by atoms with Gasteiger partial charge in [-0.3, -0.25) is 0 Å². The van der Waals surface area contributed by atoms with E-state index in [9.17, 15) is 0 Å². The van der Waals surface area contributed by atoms with E-state index in [1.807, 2.05) is 17.8 Å². The summed E-state index contributed by atoms with van der Waals surface area (Å²) in [6, 6.07) is 0. The van der Waals surface area contributed by atoms with Crippen LogP contribution < -0.4 is 9.13 Å². The Bertz CT molecular complexity index is 350. The van der Waals surface area contributed by atoms with Crippen LogP contribution in [0.25, 0.3) is 0 Å². The highest BCUT2D eigenvalue weighted by molar-refractivity contribution is 7.07. The summed E-state index contributed by atoms with van der Waals surface area (Å²) in [7, 11) is 2.02. The molecule has 0 bridgehead atoms. The molecule has 0 saturated heterocycles. The molecule has 2 aromatic rings. The average molecular weight is 181 g/mol. The Kier molecular flexibility index (Phi) is 1.91. The maximum absolute atomic E-state index is 2.14. The minimum Gasteiger partial charge on any atom is -0.239 e. The summed E-state index contributed by atoms with van der Waals surface area (Å²) in [5, 5.41) is 2.07. The molecule has 62 valence electrons. The van der Waals surface area contributed by atoms with Crippen molar-refractivity contribution in [1.29, 1.82) is 0 Å². The van der Waals surface area contributed by atoms with E-state index >= 15 is 0 Å². The van der Waals surface area contributed by atoms with Gasteiger partial charge in [0.2, 0.25) is 11.8 Å². The van der Waals surface area contributed by atoms with Crippen molar-refractivity contribution in [2.24, 2.45) is 7.05 Å². The van der Waals surface area contributed by atoms with E-state index in [4.69, 9.17) is 0 Å². The fraction of sp³-hybridized carbons (Fsp3) is 0.250. The minimum absolute atomic E-state index is 0.893. The number of nitrogens with zero attached hydrogens (tertiary/aromatic N) is 3. The van der Waals surface area contributed by atoms with Crippen molar-refractivity contribution in [2.75, 3.05) is 0 Å². The van der Waals surface area contributed by atoms with Gasteiger partial charge in [-0.25, -0.2) is 4.57 Å². The minimum atomic E-state index is 0.893. The summed E-state index contributed by atoms with van der Waals surface area (Å²) in [5.74, 6) is 0. The number of hydrogen-bond acceptors (Lipinski definition) is 1. The number of thiazole rings is 1. The molecule has 2 heterocycles. The first-order valence-electron chi connectivity index (χ1n) is 3.77. The van der Waals surface area contributed by atoms with Gasteiger partial charge in [-0.1, -0.05) is 11.3 Å². The van der Waals surface area contributed by atoms with Crippen LogP contribution in [0.5, 0.6) is 0 Å². The van der Waals surface area contributed by atoms with Crippen LogP contribution in [-0.2, 0) is 13.7 Å². The Labute approximate surface area is 75.1 Å². The fourth-order valence-electron chi connectivity index (χ4n) is 1.12. The number of hydrogen-bond donors (Lipinski definition) is 0. The third-order valence-electron chi connectivity index (χ3n) is 1.68. The maximum atomic E-state index is 2.14. The first-order valence-corrected chi connectivity index (χ1v) is 4.71. The van der Waals surface area contributed by atoms with E-state index in [0.717, 1.165) is 6.67 Å². The highest BCUT2D eigenvalue weighted by atomic mass is 32.1. The summed E-state index contributed by atoms with van der Waals surface area (Å²) >= 11 is 1.71. The van der Waals surface area contributed by atoms with E-state index in [-0.39, 0.29) is 0 Å². The number of rotatable bonds is 2. The molecule has 2 rings (SSSR count). The predicted molar refractivity (Wildman–Crippen MR) is 45.5 cm³/mol. The summed E-state index contributed by atoms with van der Waals surface area (Å²) in [5.41, 5.74) is 2.10. The molecule has 0 aliphatic rings. The van der Waals surface area contributed by atoms with Crippen molar-refractivity contribution in [3.05, 3.63) is 35.8 Å². The SMILES string of the molecule is C[n+]1ccn(C[n+]2ccsc2)c1. The van der Waals surface area contributed by atoms with Crippen molar-refractivity contribution in [3.63, 3.8) is 0 Å². The topological polar surface area (TPSA) is 12.7 Å². The Morgan fingerprint density at radius 1 is 1.42 bits per heavy atom. The average Bonchev–Trinajstić information content (AvgIpc) is 2.63. The van der Waals surface area contributed by atoms with E-state index in [2.05, 4.69) is 38.7 Å². The van der Waals surface area contributed by atoms with Crippen LogP contribution in [0.4, 0.5) is 0 Å². The molecule has 12 heavy (non-hydrogen) atoms. The van der Waals surface area contributed by atoms with E-state index in [1.54, 1.807) is 11.3 Å². The summed E-state index contributed by atoms with van der Waals surface area (Å²) in [4.78, 5) is 0.